The number of rotatable bonds is 54. The van der Waals surface area contributed by atoms with Gasteiger partial charge in [0.15, 0.2) is 6.10 Å². The van der Waals surface area contributed by atoms with Crippen molar-refractivity contribution in [3.05, 3.63) is 194 Å². The molecule has 0 heterocycles. The van der Waals surface area contributed by atoms with Gasteiger partial charge in [0.05, 0.1) is 6.61 Å². The molecule has 0 rings (SSSR count). The van der Waals surface area contributed by atoms with Crippen molar-refractivity contribution in [1.29, 1.82) is 0 Å². The summed E-state index contributed by atoms with van der Waals surface area (Å²) in [6.45, 7) is 3.87. The van der Waals surface area contributed by atoms with E-state index in [0.717, 1.165) is 148 Å². The van der Waals surface area contributed by atoms with Crippen LogP contribution in [0.1, 0.15) is 232 Å². The van der Waals surface area contributed by atoms with Gasteiger partial charge >= 0.3 is 11.9 Å². The minimum atomic E-state index is -0.808. The van der Waals surface area contributed by atoms with Crippen LogP contribution in [0.5, 0.6) is 0 Å². The first kappa shape index (κ1) is 72.7. The third-order valence-electron chi connectivity index (χ3n) is 12.4. The highest BCUT2D eigenvalue weighted by molar-refractivity contribution is 5.70. The van der Waals surface area contributed by atoms with E-state index in [0.29, 0.717) is 12.8 Å². The zero-order valence-corrected chi connectivity index (χ0v) is 49.6. The fraction of sp³-hybridized carbons (Fsp3) is 0.534. The summed E-state index contributed by atoms with van der Waals surface area (Å²) in [6, 6.07) is 0. The van der Waals surface area contributed by atoms with Crippen LogP contribution in [0.2, 0.25) is 0 Å². The van der Waals surface area contributed by atoms with Gasteiger partial charge in [0, 0.05) is 12.8 Å². The van der Waals surface area contributed by atoms with Gasteiger partial charge in [-0.2, -0.15) is 0 Å². The number of allylic oxidation sites excluding steroid dienone is 32. The molecule has 0 aliphatic carbocycles. The van der Waals surface area contributed by atoms with E-state index in [1.807, 2.05) is 0 Å². The van der Waals surface area contributed by atoms with E-state index in [1.54, 1.807) is 0 Å². The molecular weight excluding hydrogens is 957 g/mol. The van der Waals surface area contributed by atoms with Crippen molar-refractivity contribution < 1.29 is 24.2 Å². The maximum absolute atomic E-state index is 12.3. The molecule has 0 radical (unpaired) electrons. The van der Waals surface area contributed by atoms with Crippen LogP contribution in [-0.4, -0.2) is 36.4 Å². The minimum absolute atomic E-state index is 0.0945. The summed E-state index contributed by atoms with van der Waals surface area (Å²) in [4.78, 5) is 24.6. The van der Waals surface area contributed by atoms with E-state index < -0.39 is 6.10 Å². The molecule has 0 aromatic heterocycles. The first-order valence-electron chi connectivity index (χ1n) is 31.0. The molecule has 0 fully saturated rings. The summed E-state index contributed by atoms with van der Waals surface area (Å²) in [7, 11) is 0. The second-order valence-corrected chi connectivity index (χ2v) is 19.7. The van der Waals surface area contributed by atoms with Crippen molar-refractivity contribution in [3.63, 3.8) is 0 Å². The molecule has 1 unspecified atom stereocenters. The zero-order chi connectivity index (χ0) is 56.2. The maximum atomic E-state index is 12.3. The number of esters is 2. The highest BCUT2D eigenvalue weighted by atomic mass is 16.6. The minimum Gasteiger partial charge on any atom is -0.462 e. The smallest absolute Gasteiger partial charge is 0.306 e. The van der Waals surface area contributed by atoms with E-state index in [9.17, 15) is 14.7 Å². The van der Waals surface area contributed by atoms with Gasteiger partial charge < -0.3 is 14.6 Å². The van der Waals surface area contributed by atoms with Crippen LogP contribution in [0.15, 0.2) is 194 Å². The normalized spacial score (nSPS) is 13.6. The molecule has 1 N–H and O–H groups in total. The molecule has 0 amide bonds. The Kier molecular flexibility index (Phi) is 61.6. The fourth-order valence-corrected chi connectivity index (χ4v) is 7.82. The average Bonchev–Trinajstić information content (AvgIpc) is 3.44. The van der Waals surface area contributed by atoms with E-state index in [1.165, 1.54) is 57.8 Å². The number of ether oxygens (including phenoxy) is 2. The van der Waals surface area contributed by atoms with Crippen molar-refractivity contribution >= 4 is 11.9 Å². The molecule has 5 heteroatoms. The van der Waals surface area contributed by atoms with Crippen molar-refractivity contribution in [2.75, 3.05) is 13.2 Å². The average molecular weight is 1070 g/mol. The number of hydrogen-bond donors (Lipinski definition) is 1. The summed E-state index contributed by atoms with van der Waals surface area (Å²) >= 11 is 0. The number of carbonyl (C=O) groups excluding carboxylic acids is 2. The maximum Gasteiger partial charge on any atom is 0.306 e. The Labute approximate surface area is 479 Å². The van der Waals surface area contributed by atoms with E-state index >= 15 is 0 Å². The SMILES string of the molecule is CC/C=C\C/C=C\C/C=C\C/C=C\C/C=C\C/C=C\C/C=C\C/C=C\C/C=C\CCCCCC(=O)OC(CO)COC(=O)CCCCCCCCCCCCC/C=C\C/C=C\C/C=C\C/C=C\C/C=C\C/C=C\C/C=C\CC. The second-order valence-electron chi connectivity index (χ2n) is 19.7. The number of aliphatic hydroxyl groups is 1. The monoisotopic (exact) mass is 1070 g/mol. The van der Waals surface area contributed by atoms with Gasteiger partial charge in [-0.15, -0.1) is 0 Å². The third kappa shape index (κ3) is 63.3. The van der Waals surface area contributed by atoms with Crippen molar-refractivity contribution in [2.45, 2.75) is 238 Å². The lowest BCUT2D eigenvalue weighted by Gasteiger charge is -2.15. The predicted molar refractivity (Wildman–Crippen MR) is 342 cm³/mol. The third-order valence-corrected chi connectivity index (χ3v) is 12.4. The summed E-state index contributed by atoms with van der Waals surface area (Å²) < 4.78 is 10.7. The Bertz CT molecular complexity index is 1830. The highest BCUT2D eigenvalue weighted by Gasteiger charge is 2.16. The van der Waals surface area contributed by atoms with E-state index in [2.05, 4.69) is 208 Å². The molecule has 0 saturated carbocycles. The van der Waals surface area contributed by atoms with Gasteiger partial charge in [-0.25, -0.2) is 0 Å². The summed E-state index contributed by atoms with van der Waals surface area (Å²) in [5, 5.41) is 9.67. The molecule has 0 saturated heterocycles. The van der Waals surface area contributed by atoms with E-state index in [-0.39, 0.29) is 25.2 Å². The summed E-state index contributed by atoms with van der Waals surface area (Å²) in [5.41, 5.74) is 0. The summed E-state index contributed by atoms with van der Waals surface area (Å²) in [6.07, 6.45) is 105. The van der Waals surface area contributed by atoms with Crippen LogP contribution in [-0.2, 0) is 19.1 Å². The van der Waals surface area contributed by atoms with Crippen LogP contribution < -0.4 is 0 Å². The largest absolute Gasteiger partial charge is 0.462 e. The van der Waals surface area contributed by atoms with E-state index in [4.69, 9.17) is 9.47 Å². The zero-order valence-electron chi connectivity index (χ0n) is 49.6. The van der Waals surface area contributed by atoms with Gasteiger partial charge in [0.2, 0.25) is 0 Å². The Morgan fingerprint density at radius 1 is 0.295 bits per heavy atom. The van der Waals surface area contributed by atoms with Crippen LogP contribution in [0.4, 0.5) is 0 Å². The van der Waals surface area contributed by atoms with Crippen LogP contribution >= 0.6 is 0 Å². The van der Waals surface area contributed by atoms with Crippen molar-refractivity contribution in [2.24, 2.45) is 0 Å². The van der Waals surface area contributed by atoms with Crippen LogP contribution in [0.25, 0.3) is 0 Å². The second kappa shape index (κ2) is 66.0. The molecule has 434 valence electrons. The predicted octanol–water partition coefficient (Wildman–Crippen LogP) is 21.6. The van der Waals surface area contributed by atoms with Gasteiger partial charge in [0.1, 0.15) is 6.61 Å². The number of unbranched alkanes of at least 4 members (excludes halogenated alkanes) is 14. The Balaban J connectivity index is 3.65. The lowest BCUT2D eigenvalue weighted by atomic mass is 10.0. The first-order chi connectivity index (χ1) is 38.6. The van der Waals surface area contributed by atoms with Gasteiger partial charge in [0.25, 0.3) is 0 Å². The Morgan fingerprint density at radius 2 is 0.513 bits per heavy atom. The molecule has 5 nitrogen and oxygen atoms in total. The van der Waals surface area contributed by atoms with Crippen molar-refractivity contribution in [1.82, 2.24) is 0 Å². The van der Waals surface area contributed by atoms with Gasteiger partial charge in [-0.05, 0) is 141 Å². The number of hydrogen-bond acceptors (Lipinski definition) is 5. The van der Waals surface area contributed by atoms with Crippen LogP contribution in [0.3, 0.4) is 0 Å². The lowest BCUT2D eigenvalue weighted by molar-refractivity contribution is -0.161. The highest BCUT2D eigenvalue weighted by Crippen LogP contribution is 2.14. The summed E-state index contributed by atoms with van der Waals surface area (Å²) in [5.74, 6) is -0.647. The van der Waals surface area contributed by atoms with Crippen LogP contribution in [0, 0.1) is 0 Å². The molecule has 0 aliphatic heterocycles. The Hall–Kier alpha value is -5.26. The molecule has 1 atom stereocenters. The molecule has 0 bridgehead atoms. The molecule has 78 heavy (non-hydrogen) atoms. The number of carbonyl (C=O) groups is 2. The first-order valence-corrected chi connectivity index (χ1v) is 31.0. The van der Waals surface area contributed by atoms with Crippen molar-refractivity contribution in [3.8, 4) is 0 Å². The molecule has 0 spiro atoms. The molecule has 0 aliphatic rings. The lowest BCUT2D eigenvalue weighted by Crippen LogP contribution is -2.28. The molecule has 0 aromatic carbocycles. The van der Waals surface area contributed by atoms with Gasteiger partial charge in [-0.1, -0.05) is 272 Å². The topological polar surface area (TPSA) is 72.8 Å². The molecular formula is C73H112O5. The quantitative estimate of drug-likeness (QED) is 0.0373. The van der Waals surface area contributed by atoms with Gasteiger partial charge in [-0.3, -0.25) is 9.59 Å². The fourth-order valence-electron chi connectivity index (χ4n) is 7.82. The standard InChI is InChI=1S/C73H112O5/c1-3-5-7-9-11-13-15-17-19-21-23-25-27-29-31-33-35-36-38-39-41-43-45-47-49-51-53-55-57-59-61-63-65-67-72(75)77-70-71(69-74)78-73(76)68-66-64-62-60-58-56-54-52-50-48-46-44-42-40-37-34-32-30-28-26-24-22-20-18-16-14-12-10-8-6-4-2/h5-8,11-14,17-20,23-26,29-32,35-37,39-41,44,46,50,52,56,58,71,74H,3-4,9-10,15-16,21-22,27-28,33-34,38,42-43,45,47-49,51,53-55,57,59-70H2,1-2H3/b7-5-,8-6-,13-11-,14-12-,19-17-,20-18-,25-23-,26-24-,31-29-,32-30-,36-35-,40-37-,41-39-,46-44-,52-50-,58-56-. The molecule has 0 aromatic rings. The number of aliphatic hydroxyl groups excluding tert-OH is 1. The Morgan fingerprint density at radius 3 is 0.782 bits per heavy atom.